The molecule has 0 spiro atoms. The van der Waals surface area contributed by atoms with Crippen LogP contribution in [0.25, 0.3) is 0 Å². The Hall–Kier alpha value is -1.79. The summed E-state index contributed by atoms with van der Waals surface area (Å²) in [5.74, 6) is -0.659. The average molecular weight is 301 g/mol. The maximum absolute atomic E-state index is 13.4. The highest BCUT2D eigenvalue weighted by Gasteiger charge is 2.16. The highest BCUT2D eigenvalue weighted by molar-refractivity contribution is 7.92. The molecule has 0 aliphatic rings. The molecule has 2 aromatic carbocycles. The molecule has 2 rings (SSSR count). The molecule has 0 aliphatic carbocycles. The minimum atomic E-state index is -3.90. The molecular weight excluding hydrogens is 291 g/mol. The second-order valence-electron chi connectivity index (χ2n) is 3.77. The van der Waals surface area contributed by atoms with Crippen LogP contribution >= 0.6 is 11.6 Å². The van der Waals surface area contributed by atoms with Gasteiger partial charge in [-0.25, -0.2) is 12.8 Å². The Labute approximate surface area is 115 Å². The van der Waals surface area contributed by atoms with Gasteiger partial charge in [0.05, 0.1) is 21.3 Å². The lowest BCUT2D eigenvalue weighted by Crippen LogP contribution is -2.14. The maximum atomic E-state index is 13.4. The van der Waals surface area contributed by atoms with E-state index >= 15 is 0 Å². The van der Waals surface area contributed by atoms with Gasteiger partial charge in [0.1, 0.15) is 5.82 Å². The Bertz CT molecular complexity index is 719. The standard InChI is InChI=1S/C12H10ClFN2O2S/c13-9-6-5-8(7-11(9)15)19(17,18)16-12-4-2-1-3-10(12)14/h1-7,16H,15H2. The molecular formula is C12H10ClFN2O2S. The summed E-state index contributed by atoms with van der Waals surface area (Å²) < 4.78 is 39.6. The van der Waals surface area contributed by atoms with E-state index in [2.05, 4.69) is 4.72 Å². The van der Waals surface area contributed by atoms with Gasteiger partial charge in [-0.1, -0.05) is 23.7 Å². The Balaban J connectivity index is 2.38. The van der Waals surface area contributed by atoms with Crippen molar-refractivity contribution in [3.05, 3.63) is 53.3 Å². The van der Waals surface area contributed by atoms with Gasteiger partial charge in [0, 0.05) is 0 Å². The number of anilines is 2. The smallest absolute Gasteiger partial charge is 0.262 e. The third-order valence-corrected chi connectivity index (χ3v) is 4.10. The fourth-order valence-corrected chi connectivity index (χ4v) is 2.66. The minimum absolute atomic E-state index is 0.0855. The van der Waals surface area contributed by atoms with E-state index in [4.69, 9.17) is 17.3 Å². The summed E-state index contributed by atoms with van der Waals surface area (Å²) in [6.07, 6.45) is 0. The molecule has 100 valence electrons. The first kappa shape index (κ1) is 13.6. The van der Waals surface area contributed by atoms with Gasteiger partial charge in [-0.05, 0) is 30.3 Å². The molecule has 0 saturated carbocycles. The van der Waals surface area contributed by atoms with E-state index in [0.29, 0.717) is 0 Å². The summed E-state index contributed by atoms with van der Waals surface area (Å²) >= 11 is 5.72. The van der Waals surface area contributed by atoms with Crippen LogP contribution in [0.3, 0.4) is 0 Å². The van der Waals surface area contributed by atoms with E-state index in [1.54, 1.807) is 0 Å². The summed E-state index contributed by atoms with van der Waals surface area (Å²) in [6, 6.07) is 9.35. The van der Waals surface area contributed by atoms with Crippen LogP contribution < -0.4 is 10.5 Å². The Morgan fingerprint density at radius 1 is 1.16 bits per heavy atom. The zero-order chi connectivity index (χ0) is 14.0. The van der Waals surface area contributed by atoms with Crippen molar-refractivity contribution in [2.75, 3.05) is 10.5 Å². The first-order valence-electron chi connectivity index (χ1n) is 5.22. The number of nitrogens with one attached hydrogen (secondary N) is 1. The van der Waals surface area contributed by atoms with Crippen molar-refractivity contribution in [3.63, 3.8) is 0 Å². The zero-order valence-corrected chi connectivity index (χ0v) is 11.2. The van der Waals surface area contributed by atoms with Gasteiger partial charge >= 0.3 is 0 Å². The Morgan fingerprint density at radius 3 is 2.47 bits per heavy atom. The molecule has 4 nitrogen and oxygen atoms in total. The van der Waals surface area contributed by atoms with Gasteiger partial charge in [-0.3, -0.25) is 4.72 Å². The quantitative estimate of drug-likeness (QED) is 0.856. The SMILES string of the molecule is Nc1cc(S(=O)(=O)Nc2ccccc2F)ccc1Cl. The number of halogens is 2. The highest BCUT2D eigenvalue weighted by atomic mass is 35.5. The van der Waals surface area contributed by atoms with Crippen LogP contribution in [0, 0.1) is 5.82 Å². The average Bonchev–Trinajstić information content (AvgIpc) is 2.35. The first-order chi connectivity index (χ1) is 8.90. The predicted molar refractivity (Wildman–Crippen MR) is 73.1 cm³/mol. The molecule has 0 fully saturated rings. The van der Waals surface area contributed by atoms with Crippen LogP contribution in [0.2, 0.25) is 5.02 Å². The highest BCUT2D eigenvalue weighted by Crippen LogP contribution is 2.24. The number of hydrogen-bond acceptors (Lipinski definition) is 3. The normalized spacial score (nSPS) is 11.3. The number of nitrogens with two attached hydrogens (primary N) is 1. The van der Waals surface area contributed by atoms with Crippen molar-refractivity contribution in [2.45, 2.75) is 4.90 Å². The summed E-state index contributed by atoms with van der Waals surface area (Å²) in [5, 5.41) is 0.254. The van der Waals surface area contributed by atoms with Gasteiger partial charge in [-0.15, -0.1) is 0 Å². The molecule has 2 aromatic rings. The lowest BCUT2D eigenvalue weighted by Gasteiger charge is -2.09. The van der Waals surface area contributed by atoms with Gasteiger partial charge in [-0.2, -0.15) is 0 Å². The first-order valence-corrected chi connectivity index (χ1v) is 7.08. The molecule has 7 heteroatoms. The fourth-order valence-electron chi connectivity index (χ4n) is 1.44. The molecule has 3 N–H and O–H groups in total. The molecule has 0 bridgehead atoms. The molecule has 0 saturated heterocycles. The predicted octanol–water partition coefficient (Wildman–Crippen LogP) is 2.86. The second-order valence-corrected chi connectivity index (χ2v) is 5.86. The Kier molecular flexibility index (Phi) is 3.64. The molecule has 0 aromatic heterocycles. The fraction of sp³-hybridized carbons (Fsp3) is 0. The van der Waals surface area contributed by atoms with E-state index in [1.165, 1.54) is 36.4 Å². The van der Waals surface area contributed by atoms with Crippen LogP contribution in [0.4, 0.5) is 15.8 Å². The third kappa shape index (κ3) is 2.97. The topological polar surface area (TPSA) is 72.2 Å². The second kappa shape index (κ2) is 5.07. The van der Waals surface area contributed by atoms with E-state index in [0.717, 1.165) is 6.07 Å². The lowest BCUT2D eigenvalue weighted by molar-refractivity contribution is 0.598. The Morgan fingerprint density at radius 2 is 1.84 bits per heavy atom. The molecule has 0 aliphatic heterocycles. The summed E-state index contributed by atoms with van der Waals surface area (Å²) in [4.78, 5) is -0.0855. The maximum Gasteiger partial charge on any atom is 0.262 e. The van der Waals surface area contributed by atoms with E-state index in [9.17, 15) is 12.8 Å². The van der Waals surface area contributed by atoms with Crippen molar-refractivity contribution >= 4 is 33.0 Å². The summed E-state index contributed by atoms with van der Waals surface area (Å²) in [7, 11) is -3.90. The van der Waals surface area contributed by atoms with Crippen molar-refractivity contribution in [3.8, 4) is 0 Å². The number of hydrogen-bond donors (Lipinski definition) is 2. The number of nitrogen functional groups attached to an aromatic ring is 1. The number of sulfonamides is 1. The third-order valence-electron chi connectivity index (χ3n) is 2.40. The van der Waals surface area contributed by atoms with Gasteiger partial charge in [0.2, 0.25) is 0 Å². The van der Waals surface area contributed by atoms with Crippen molar-refractivity contribution < 1.29 is 12.8 Å². The molecule has 19 heavy (non-hydrogen) atoms. The largest absolute Gasteiger partial charge is 0.397 e. The summed E-state index contributed by atoms with van der Waals surface area (Å²) in [6.45, 7) is 0. The van der Waals surface area contributed by atoms with Crippen molar-refractivity contribution in [1.82, 2.24) is 0 Å². The summed E-state index contributed by atoms with van der Waals surface area (Å²) in [5.41, 5.74) is 5.55. The van der Waals surface area contributed by atoms with Crippen molar-refractivity contribution in [2.24, 2.45) is 0 Å². The van der Waals surface area contributed by atoms with E-state index < -0.39 is 15.8 Å². The van der Waals surface area contributed by atoms with Crippen LogP contribution in [0.5, 0.6) is 0 Å². The van der Waals surface area contributed by atoms with Gasteiger partial charge in [0.25, 0.3) is 10.0 Å². The number of rotatable bonds is 3. The van der Waals surface area contributed by atoms with Gasteiger partial charge < -0.3 is 5.73 Å². The lowest BCUT2D eigenvalue weighted by atomic mass is 10.3. The van der Waals surface area contributed by atoms with Crippen LogP contribution in [0.1, 0.15) is 0 Å². The molecule has 0 heterocycles. The minimum Gasteiger partial charge on any atom is -0.397 e. The van der Waals surface area contributed by atoms with Crippen LogP contribution in [0.15, 0.2) is 47.4 Å². The van der Waals surface area contributed by atoms with Crippen molar-refractivity contribution in [1.29, 1.82) is 0 Å². The van der Waals surface area contributed by atoms with E-state index in [1.807, 2.05) is 0 Å². The molecule has 0 amide bonds. The molecule has 0 radical (unpaired) electrons. The van der Waals surface area contributed by atoms with Crippen LogP contribution in [-0.4, -0.2) is 8.42 Å². The zero-order valence-electron chi connectivity index (χ0n) is 9.60. The van der Waals surface area contributed by atoms with Crippen LogP contribution in [-0.2, 0) is 10.0 Å². The van der Waals surface area contributed by atoms with E-state index in [-0.39, 0.29) is 21.3 Å². The monoisotopic (exact) mass is 300 g/mol. The number of benzene rings is 2. The molecule has 0 unspecified atom stereocenters. The molecule has 0 atom stereocenters. The van der Waals surface area contributed by atoms with Gasteiger partial charge in [0.15, 0.2) is 0 Å². The number of para-hydroxylation sites is 1.